The van der Waals surface area contributed by atoms with Gasteiger partial charge < -0.3 is 25.4 Å². The van der Waals surface area contributed by atoms with Crippen LogP contribution >= 0.6 is 0 Å². The normalized spacial score (nSPS) is 14.4. The number of ether oxygens (including phenoxy) is 1. The van der Waals surface area contributed by atoms with E-state index in [-0.39, 0.29) is 35.7 Å². The Morgan fingerprint density at radius 2 is 2.11 bits per heavy atom. The van der Waals surface area contributed by atoms with Gasteiger partial charge in [0.05, 0.1) is 0 Å². The number of hydrogen-bond donors (Lipinski definition) is 4. The smallest absolute Gasteiger partial charge is 0.343 e. The largest absolute Gasteiger partial charge is 0.507 e. The average Bonchev–Trinajstić information content (AvgIpc) is 2.62. The van der Waals surface area contributed by atoms with Gasteiger partial charge in [0.2, 0.25) is 5.91 Å². The fourth-order valence-electron chi connectivity index (χ4n) is 3.04. The SMILES string of the molecule is C[B]CCc1ccc(OC2CN(CCC(=O)NCCCO)C2)c(C(=O)O)c1O. The number of hydrogen-bond acceptors (Lipinski definition) is 6. The van der Waals surface area contributed by atoms with Crippen molar-refractivity contribution in [1.29, 1.82) is 0 Å². The predicted molar refractivity (Wildman–Crippen MR) is 105 cm³/mol. The number of rotatable bonds is 12. The summed E-state index contributed by atoms with van der Waals surface area (Å²) < 4.78 is 5.78. The van der Waals surface area contributed by atoms with Crippen molar-refractivity contribution in [1.82, 2.24) is 10.2 Å². The molecule has 1 saturated heterocycles. The van der Waals surface area contributed by atoms with Crippen LogP contribution in [0.25, 0.3) is 0 Å². The minimum atomic E-state index is -1.22. The molecule has 1 fully saturated rings. The van der Waals surface area contributed by atoms with Crippen LogP contribution in [0.5, 0.6) is 11.5 Å². The zero-order valence-electron chi connectivity index (χ0n) is 16.2. The number of benzene rings is 1. The van der Waals surface area contributed by atoms with E-state index in [1.165, 1.54) is 0 Å². The summed E-state index contributed by atoms with van der Waals surface area (Å²) in [5.41, 5.74) is 0.389. The fourth-order valence-corrected chi connectivity index (χ4v) is 3.04. The third-order valence-electron chi connectivity index (χ3n) is 4.67. The standard InChI is InChI=1S/C19H28BN2O6/c1-20-7-5-13-3-4-15(17(18(13)25)19(26)27)28-14-11-22(12-14)9-6-16(24)21-8-2-10-23/h3-4,14,23,25H,2,5-12H2,1H3,(H,21,24)(H,26,27). The van der Waals surface area contributed by atoms with Crippen LogP contribution in [0.2, 0.25) is 13.1 Å². The summed E-state index contributed by atoms with van der Waals surface area (Å²) in [7, 11) is 1.96. The topological polar surface area (TPSA) is 119 Å². The summed E-state index contributed by atoms with van der Waals surface area (Å²) in [6.07, 6.45) is 2.05. The van der Waals surface area contributed by atoms with Gasteiger partial charge in [-0.25, -0.2) is 4.79 Å². The number of aromatic carboxylic acids is 1. The van der Waals surface area contributed by atoms with Gasteiger partial charge in [-0.2, -0.15) is 0 Å². The molecule has 1 aromatic carbocycles. The Balaban J connectivity index is 1.84. The molecule has 1 aliphatic heterocycles. The zero-order chi connectivity index (χ0) is 20.5. The van der Waals surface area contributed by atoms with Crippen LogP contribution in [0.4, 0.5) is 0 Å². The van der Waals surface area contributed by atoms with Crippen LogP contribution in [-0.2, 0) is 11.2 Å². The maximum absolute atomic E-state index is 11.7. The van der Waals surface area contributed by atoms with Gasteiger partial charge in [-0.15, -0.1) is 0 Å². The average molecular weight is 391 g/mol. The quantitative estimate of drug-likeness (QED) is 0.307. The molecule has 4 N–H and O–H groups in total. The molecule has 0 aliphatic carbocycles. The number of aryl methyl sites for hydroxylation is 1. The number of nitrogens with one attached hydrogen (secondary N) is 1. The molecule has 1 radical (unpaired) electrons. The summed E-state index contributed by atoms with van der Waals surface area (Å²) >= 11 is 0. The van der Waals surface area contributed by atoms with Crippen molar-refractivity contribution >= 4 is 19.2 Å². The van der Waals surface area contributed by atoms with Gasteiger partial charge >= 0.3 is 5.97 Å². The van der Waals surface area contributed by atoms with E-state index in [1.54, 1.807) is 12.1 Å². The monoisotopic (exact) mass is 391 g/mol. The highest BCUT2D eigenvalue weighted by molar-refractivity contribution is 6.33. The van der Waals surface area contributed by atoms with Crippen molar-refractivity contribution < 1.29 is 29.6 Å². The molecule has 1 heterocycles. The first-order chi connectivity index (χ1) is 13.5. The van der Waals surface area contributed by atoms with E-state index in [0.29, 0.717) is 51.0 Å². The van der Waals surface area contributed by atoms with Gasteiger partial charge in [0.25, 0.3) is 0 Å². The van der Waals surface area contributed by atoms with Crippen LogP contribution in [0.3, 0.4) is 0 Å². The van der Waals surface area contributed by atoms with Gasteiger partial charge in [0, 0.05) is 39.2 Å². The van der Waals surface area contributed by atoms with E-state index in [9.17, 15) is 19.8 Å². The Bertz CT molecular complexity index is 679. The molecule has 2 rings (SSSR count). The van der Waals surface area contributed by atoms with E-state index in [4.69, 9.17) is 9.84 Å². The first-order valence-electron chi connectivity index (χ1n) is 9.58. The summed E-state index contributed by atoms with van der Waals surface area (Å²) in [5, 5.41) is 31.2. The number of carboxylic acid groups (broad SMARTS) is 1. The van der Waals surface area contributed by atoms with Gasteiger partial charge in [-0.05, 0) is 24.5 Å². The summed E-state index contributed by atoms with van der Waals surface area (Å²) in [5.74, 6) is -1.34. The number of aliphatic hydroxyl groups is 1. The highest BCUT2D eigenvalue weighted by Gasteiger charge is 2.30. The molecule has 153 valence electrons. The molecule has 1 aliphatic rings. The van der Waals surface area contributed by atoms with Crippen LogP contribution < -0.4 is 10.1 Å². The number of likely N-dealkylation sites (tertiary alicyclic amines) is 1. The van der Waals surface area contributed by atoms with E-state index in [2.05, 4.69) is 5.32 Å². The number of aromatic hydroxyl groups is 1. The molecule has 0 unspecified atom stereocenters. The molecule has 1 amide bonds. The van der Waals surface area contributed by atoms with Crippen molar-refractivity contribution in [2.24, 2.45) is 0 Å². The Hall–Kier alpha value is -2.26. The van der Waals surface area contributed by atoms with E-state index in [1.807, 2.05) is 19.0 Å². The number of carbonyl (C=O) groups is 2. The Morgan fingerprint density at radius 1 is 1.36 bits per heavy atom. The predicted octanol–water partition coefficient (Wildman–Crippen LogP) is 0.755. The van der Waals surface area contributed by atoms with Gasteiger partial charge in [-0.3, -0.25) is 9.69 Å². The van der Waals surface area contributed by atoms with Crippen molar-refractivity contribution in [2.45, 2.75) is 38.5 Å². The Morgan fingerprint density at radius 3 is 2.75 bits per heavy atom. The lowest BCUT2D eigenvalue weighted by molar-refractivity contribution is -0.122. The van der Waals surface area contributed by atoms with E-state index in [0.717, 1.165) is 6.32 Å². The molecular weight excluding hydrogens is 363 g/mol. The molecule has 0 aromatic heterocycles. The summed E-state index contributed by atoms with van der Waals surface area (Å²) in [6.45, 7) is 4.21. The highest BCUT2D eigenvalue weighted by Crippen LogP contribution is 2.33. The molecule has 8 nitrogen and oxygen atoms in total. The second-order valence-corrected chi connectivity index (χ2v) is 6.88. The number of aliphatic hydroxyl groups excluding tert-OH is 1. The molecule has 0 spiro atoms. The lowest BCUT2D eigenvalue weighted by atomic mass is 9.75. The van der Waals surface area contributed by atoms with E-state index < -0.39 is 5.97 Å². The maximum atomic E-state index is 11.7. The minimum Gasteiger partial charge on any atom is -0.507 e. The zero-order valence-corrected chi connectivity index (χ0v) is 16.2. The van der Waals surface area contributed by atoms with Gasteiger partial charge in [-0.1, -0.05) is 19.2 Å². The second-order valence-electron chi connectivity index (χ2n) is 6.88. The molecule has 9 heteroatoms. The fraction of sp³-hybridized carbons (Fsp3) is 0.579. The third-order valence-corrected chi connectivity index (χ3v) is 4.67. The maximum Gasteiger partial charge on any atom is 0.343 e. The molecular formula is C19H28BN2O6. The van der Waals surface area contributed by atoms with Crippen LogP contribution in [0.15, 0.2) is 12.1 Å². The third kappa shape index (κ3) is 6.14. The highest BCUT2D eigenvalue weighted by atomic mass is 16.5. The van der Waals surface area contributed by atoms with Crippen LogP contribution in [0, 0.1) is 0 Å². The molecule has 1 aromatic rings. The summed E-state index contributed by atoms with van der Waals surface area (Å²) in [4.78, 5) is 25.3. The number of amides is 1. The van der Waals surface area contributed by atoms with Crippen molar-refractivity contribution in [3.63, 3.8) is 0 Å². The number of carboxylic acids is 1. The van der Waals surface area contributed by atoms with Crippen molar-refractivity contribution in [3.05, 3.63) is 23.3 Å². The number of phenols is 1. The second kappa shape index (κ2) is 10.9. The van der Waals surface area contributed by atoms with Crippen molar-refractivity contribution in [3.8, 4) is 11.5 Å². The van der Waals surface area contributed by atoms with Crippen LogP contribution in [-0.4, -0.2) is 78.3 Å². The van der Waals surface area contributed by atoms with Crippen LogP contribution in [0.1, 0.15) is 28.8 Å². The first-order valence-corrected chi connectivity index (χ1v) is 9.58. The molecule has 28 heavy (non-hydrogen) atoms. The number of nitrogens with zero attached hydrogens (tertiary/aromatic N) is 1. The Labute approximate surface area is 165 Å². The lowest BCUT2D eigenvalue weighted by Gasteiger charge is -2.39. The molecule has 0 saturated carbocycles. The first kappa shape index (κ1) is 22.0. The summed E-state index contributed by atoms with van der Waals surface area (Å²) in [6, 6.07) is 3.30. The molecule has 0 atom stereocenters. The Kier molecular flexibility index (Phi) is 8.59. The van der Waals surface area contributed by atoms with E-state index >= 15 is 0 Å². The minimum absolute atomic E-state index is 0.0529. The van der Waals surface area contributed by atoms with Gasteiger partial charge in [0.1, 0.15) is 30.4 Å². The van der Waals surface area contributed by atoms with Gasteiger partial charge in [0.15, 0.2) is 0 Å². The number of carbonyl (C=O) groups excluding carboxylic acids is 1. The van der Waals surface area contributed by atoms with Crippen molar-refractivity contribution in [2.75, 3.05) is 32.8 Å². The molecule has 0 bridgehead atoms. The lowest BCUT2D eigenvalue weighted by Crippen LogP contribution is -2.54.